The predicted molar refractivity (Wildman–Crippen MR) is 90.5 cm³/mol. The van der Waals surface area contributed by atoms with Gasteiger partial charge in [0, 0.05) is 51.4 Å². The molecule has 24 heavy (non-hydrogen) atoms. The lowest BCUT2D eigenvalue weighted by atomic mass is 10.2. The van der Waals surface area contributed by atoms with Crippen molar-refractivity contribution in [3.05, 3.63) is 23.9 Å². The van der Waals surface area contributed by atoms with E-state index in [0.29, 0.717) is 6.54 Å². The Bertz CT molecular complexity index is 573. The third-order valence-corrected chi connectivity index (χ3v) is 4.00. The van der Waals surface area contributed by atoms with Crippen LogP contribution in [0.25, 0.3) is 0 Å². The largest absolute Gasteiger partial charge is 0.394 e. The Morgan fingerprint density at radius 2 is 2.04 bits per heavy atom. The molecule has 0 aliphatic carbocycles. The van der Waals surface area contributed by atoms with E-state index in [0.717, 1.165) is 37.6 Å². The van der Waals surface area contributed by atoms with E-state index in [-0.39, 0.29) is 5.91 Å². The molecule has 1 aliphatic rings. The van der Waals surface area contributed by atoms with Crippen LogP contribution in [0.5, 0.6) is 0 Å². The van der Waals surface area contributed by atoms with Crippen molar-refractivity contribution >= 4 is 17.6 Å². The van der Waals surface area contributed by atoms with Crippen LogP contribution >= 0.6 is 0 Å². The van der Waals surface area contributed by atoms with Crippen LogP contribution in [-0.2, 0) is 16.1 Å². The molecule has 1 aromatic rings. The van der Waals surface area contributed by atoms with E-state index in [1.165, 1.54) is 6.92 Å². The Morgan fingerprint density at radius 3 is 2.67 bits per heavy atom. The number of pyridine rings is 1. The third-order valence-electron chi connectivity index (χ3n) is 4.00. The van der Waals surface area contributed by atoms with Crippen molar-refractivity contribution in [2.24, 2.45) is 0 Å². The highest BCUT2D eigenvalue weighted by Gasteiger charge is 2.20. The highest BCUT2D eigenvalue weighted by atomic mass is 16.3. The van der Waals surface area contributed by atoms with E-state index in [1.54, 1.807) is 6.20 Å². The molecule has 8 heteroatoms. The fraction of sp³-hybridized carbons (Fsp3) is 0.562. The number of hydrogen-bond acceptors (Lipinski definition) is 6. The summed E-state index contributed by atoms with van der Waals surface area (Å²) >= 11 is 0. The van der Waals surface area contributed by atoms with Gasteiger partial charge in [0.1, 0.15) is 11.9 Å². The lowest BCUT2D eigenvalue weighted by Gasteiger charge is -2.34. The van der Waals surface area contributed by atoms with E-state index in [4.69, 9.17) is 0 Å². The maximum Gasteiger partial charge on any atom is 0.245 e. The molecule has 8 nitrogen and oxygen atoms in total. The molecular weight excluding hydrogens is 310 g/mol. The predicted octanol–water partition coefficient (Wildman–Crippen LogP) is -1.05. The zero-order chi connectivity index (χ0) is 17.5. The minimum Gasteiger partial charge on any atom is -0.394 e. The molecule has 1 aliphatic heterocycles. The van der Waals surface area contributed by atoms with E-state index >= 15 is 0 Å². The van der Waals surface area contributed by atoms with Crippen molar-refractivity contribution in [3.8, 4) is 0 Å². The highest BCUT2D eigenvalue weighted by Crippen LogP contribution is 2.18. The molecule has 2 rings (SSSR count). The zero-order valence-electron chi connectivity index (χ0n) is 14.2. The third kappa shape index (κ3) is 4.90. The average molecular weight is 335 g/mol. The number of aromatic nitrogens is 1. The van der Waals surface area contributed by atoms with Gasteiger partial charge in [-0.3, -0.25) is 9.59 Å². The number of nitrogens with zero attached hydrogens (tertiary/aromatic N) is 3. The summed E-state index contributed by atoms with van der Waals surface area (Å²) in [6.07, 6.45) is 1.74. The van der Waals surface area contributed by atoms with E-state index in [1.807, 2.05) is 12.1 Å². The molecule has 2 heterocycles. The smallest absolute Gasteiger partial charge is 0.245 e. The Balaban J connectivity index is 2.00. The van der Waals surface area contributed by atoms with Crippen LogP contribution in [0.4, 0.5) is 5.82 Å². The zero-order valence-corrected chi connectivity index (χ0v) is 14.2. The van der Waals surface area contributed by atoms with Gasteiger partial charge in [0.25, 0.3) is 0 Å². The molecule has 132 valence electrons. The number of aliphatic hydroxyl groups excluding tert-OH is 1. The van der Waals surface area contributed by atoms with E-state index in [2.05, 4.69) is 32.5 Å². The molecule has 3 N–H and O–H groups in total. The molecule has 1 atom stereocenters. The van der Waals surface area contributed by atoms with Crippen LogP contribution in [0.1, 0.15) is 12.5 Å². The first kappa shape index (κ1) is 18.2. The van der Waals surface area contributed by atoms with Crippen molar-refractivity contribution in [1.29, 1.82) is 0 Å². The molecule has 1 unspecified atom stereocenters. The fourth-order valence-electron chi connectivity index (χ4n) is 2.62. The molecule has 0 saturated carbocycles. The van der Waals surface area contributed by atoms with E-state index < -0.39 is 18.6 Å². The first-order valence-corrected chi connectivity index (χ1v) is 8.04. The Morgan fingerprint density at radius 1 is 1.33 bits per heavy atom. The quantitative estimate of drug-likeness (QED) is 0.613. The highest BCUT2D eigenvalue weighted by molar-refractivity contribution is 5.86. The maximum atomic E-state index is 12.1. The van der Waals surface area contributed by atoms with Gasteiger partial charge in [-0.25, -0.2) is 4.98 Å². The van der Waals surface area contributed by atoms with Crippen LogP contribution in [0.3, 0.4) is 0 Å². The first-order chi connectivity index (χ1) is 11.5. The van der Waals surface area contributed by atoms with Crippen molar-refractivity contribution in [2.75, 3.05) is 44.7 Å². The summed E-state index contributed by atoms with van der Waals surface area (Å²) in [5.74, 6) is 0.0931. The normalized spacial score (nSPS) is 16.5. The molecule has 1 aromatic heterocycles. The molecule has 1 saturated heterocycles. The minimum atomic E-state index is -0.939. The second-order valence-electron chi connectivity index (χ2n) is 5.93. The summed E-state index contributed by atoms with van der Waals surface area (Å²) in [4.78, 5) is 32.1. The number of piperazine rings is 1. The number of carbonyl (C=O) groups is 2. The number of rotatable bonds is 6. The van der Waals surface area contributed by atoms with Crippen molar-refractivity contribution in [3.63, 3.8) is 0 Å². The number of anilines is 1. The van der Waals surface area contributed by atoms with Gasteiger partial charge in [0.2, 0.25) is 11.8 Å². The van der Waals surface area contributed by atoms with Crippen LogP contribution in [-0.4, -0.2) is 72.7 Å². The Labute approximate surface area is 141 Å². The molecule has 0 bridgehead atoms. The number of nitrogens with one attached hydrogen (secondary N) is 2. The van der Waals surface area contributed by atoms with Gasteiger partial charge in [-0.05, 0) is 13.1 Å². The molecule has 0 radical (unpaired) electrons. The van der Waals surface area contributed by atoms with Gasteiger partial charge in [-0.2, -0.15) is 0 Å². The lowest BCUT2D eigenvalue weighted by Crippen LogP contribution is -2.48. The number of carbonyl (C=O) groups excluding carboxylic acids is 2. The number of amides is 2. The summed E-state index contributed by atoms with van der Waals surface area (Å²) in [5.41, 5.74) is 0.912. The van der Waals surface area contributed by atoms with Crippen LogP contribution in [0.15, 0.2) is 18.3 Å². The summed E-state index contributed by atoms with van der Waals surface area (Å²) < 4.78 is 0. The van der Waals surface area contributed by atoms with Crippen LogP contribution in [0.2, 0.25) is 0 Å². The molecule has 0 aromatic carbocycles. The van der Waals surface area contributed by atoms with Gasteiger partial charge in [0.15, 0.2) is 0 Å². The Hall–Kier alpha value is -2.19. The second-order valence-corrected chi connectivity index (χ2v) is 5.93. The second kappa shape index (κ2) is 8.60. The number of likely N-dealkylation sites (N-methyl/N-ethyl adjacent to an activating group) is 1. The van der Waals surface area contributed by atoms with Crippen molar-refractivity contribution in [2.45, 2.75) is 19.5 Å². The summed E-state index contributed by atoms with van der Waals surface area (Å²) in [6, 6.07) is 2.82. The molecule has 1 fully saturated rings. The van der Waals surface area contributed by atoms with Gasteiger partial charge >= 0.3 is 0 Å². The van der Waals surface area contributed by atoms with Gasteiger partial charge < -0.3 is 25.5 Å². The lowest BCUT2D eigenvalue weighted by molar-refractivity contribution is -0.129. The molecule has 2 amide bonds. The average Bonchev–Trinajstić information content (AvgIpc) is 2.58. The topological polar surface area (TPSA) is 97.8 Å². The van der Waals surface area contributed by atoms with Gasteiger partial charge in [0.05, 0.1) is 6.61 Å². The van der Waals surface area contributed by atoms with Crippen molar-refractivity contribution in [1.82, 2.24) is 20.5 Å². The maximum absolute atomic E-state index is 12.1. The van der Waals surface area contributed by atoms with Crippen LogP contribution in [0, 0.1) is 0 Å². The monoisotopic (exact) mass is 335 g/mol. The molecule has 0 spiro atoms. The summed E-state index contributed by atoms with van der Waals surface area (Å²) in [7, 11) is 2.09. The standard InChI is InChI=1S/C16H25N5O3/c1-12(23)19-14(11-22)16(24)18-10-13-4-3-5-17-15(13)21-8-6-20(2)7-9-21/h3-5,14,22H,6-11H2,1-2H3,(H,18,24)(H,19,23). The van der Waals surface area contributed by atoms with Gasteiger partial charge in [-0.1, -0.05) is 6.07 Å². The van der Waals surface area contributed by atoms with E-state index in [9.17, 15) is 14.7 Å². The minimum absolute atomic E-state index is 0.296. The van der Waals surface area contributed by atoms with Crippen LogP contribution < -0.4 is 15.5 Å². The van der Waals surface area contributed by atoms with Crippen molar-refractivity contribution < 1.29 is 14.7 Å². The fourth-order valence-corrected chi connectivity index (χ4v) is 2.62. The first-order valence-electron chi connectivity index (χ1n) is 8.04. The SMILES string of the molecule is CC(=O)NC(CO)C(=O)NCc1cccnc1N1CCN(C)CC1. The number of aliphatic hydroxyl groups is 1. The summed E-state index contributed by atoms with van der Waals surface area (Å²) in [5, 5.41) is 14.4. The molecular formula is C16H25N5O3. The summed E-state index contributed by atoms with van der Waals surface area (Å²) in [6.45, 7) is 4.88. The van der Waals surface area contributed by atoms with Gasteiger partial charge in [-0.15, -0.1) is 0 Å². The number of hydrogen-bond donors (Lipinski definition) is 3. The Kier molecular flexibility index (Phi) is 6.51.